The van der Waals surface area contributed by atoms with Crippen LogP contribution < -0.4 is 14.4 Å². The fourth-order valence-corrected chi connectivity index (χ4v) is 4.14. The Morgan fingerprint density at radius 3 is 2.59 bits per heavy atom. The minimum Gasteiger partial charge on any atom is -0.493 e. The molecule has 0 aliphatic carbocycles. The van der Waals surface area contributed by atoms with Crippen molar-refractivity contribution in [3.63, 3.8) is 0 Å². The van der Waals surface area contributed by atoms with Gasteiger partial charge in [0.1, 0.15) is 12.4 Å². The molecule has 0 N–H and O–H groups in total. The van der Waals surface area contributed by atoms with Crippen molar-refractivity contribution in [3.8, 4) is 11.5 Å². The van der Waals surface area contributed by atoms with Crippen LogP contribution in [0.2, 0.25) is 0 Å². The number of ether oxygens (including phenoxy) is 2. The predicted molar refractivity (Wildman–Crippen MR) is 116 cm³/mol. The largest absolute Gasteiger partial charge is 0.493 e. The fraction of sp³-hybridized carbons (Fsp3) is 0.375. The fourth-order valence-electron chi connectivity index (χ4n) is 4.14. The van der Waals surface area contributed by atoms with E-state index in [2.05, 4.69) is 4.90 Å². The van der Waals surface area contributed by atoms with Crippen molar-refractivity contribution in [3.05, 3.63) is 58.9 Å². The number of halogens is 3. The Morgan fingerprint density at radius 2 is 1.84 bits per heavy atom. The van der Waals surface area contributed by atoms with Crippen LogP contribution in [-0.4, -0.2) is 50.7 Å². The zero-order valence-corrected chi connectivity index (χ0v) is 17.9. The average molecular weight is 446 g/mol. The minimum atomic E-state index is -1.30. The summed E-state index contributed by atoms with van der Waals surface area (Å²) in [4.78, 5) is 16.6. The molecule has 170 valence electrons. The van der Waals surface area contributed by atoms with Crippen molar-refractivity contribution >= 4 is 17.7 Å². The predicted octanol–water partition coefficient (Wildman–Crippen LogP) is 4.19. The van der Waals surface area contributed by atoms with Crippen molar-refractivity contribution in [1.82, 2.24) is 4.90 Å². The molecular formula is C24H25F3N2O3. The first-order chi connectivity index (χ1) is 15.5. The molecule has 2 aromatic rings. The van der Waals surface area contributed by atoms with Gasteiger partial charge >= 0.3 is 0 Å². The minimum absolute atomic E-state index is 0.323. The molecule has 0 atom stereocenters. The maximum atomic E-state index is 13.9. The highest BCUT2D eigenvalue weighted by atomic mass is 19.2. The van der Waals surface area contributed by atoms with Crippen molar-refractivity contribution in [2.24, 2.45) is 0 Å². The van der Waals surface area contributed by atoms with Gasteiger partial charge in [-0.1, -0.05) is 0 Å². The van der Waals surface area contributed by atoms with E-state index in [0.29, 0.717) is 42.8 Å². The molecule has 32 heavy (non-hydrogen) atoms. The number of amides is 1. The van der Waals surface area contributed by atoms with Gasteiger partial charge in [0.15, 0.2) is 23.1 Å². The third kappa shape index (κ3) is 4.75. The third-order valence-corrected chi connectivity index (χ3v) is 5.82. The van der Waals surface area contributed by atoms with E-state index in [4.69, 9.17) is 9.47 Å². The molecule has 2 heterocycles. The normalized spacial score (nSPS) is 16.1. The highest BCUT2D eigenvalue weighted by Gasteiger charge is 2.26. The highest BCUT2D eigenvalue weighted by Crippen LogP contribution is 2.39. The Kier molecular flexibility index (Phi) is 6.69. The van der Waals surface area contributed by atoms with Gasteiger partial charge in [-0.2, -0.15) is 0 Å². The molecule has 0 saturated carbocycles. The quantitative estimate of drug-likeness (QED) is 0.473. The molecule has 1 amide bonds. The summed E-state index contributed by atoms with van der Waals surface area (Å²) >= 11 is 0. The van der Waals surface area contributed by atoms with E-state index in [1.807, 2.05) is 6.07 Å². The van der Waals surface area contributed by atoms with Crippen LogP contribution in [0.25, 0.3) is 6.08 Å². The maximum Gasteiger partial charge on any atom is 0.251 e. The van der Waals surface area contributed by atoms with E-state index >= 15 is 0 Å². The summed E-state index contributed by atoms with van der Waals surface area (Å²) in [6, 6.07) is 4.94. The number of benzene rings is 2. The topological polar surface area (TPSA) is 42.0 Å². The summed E-state index contributed by atoms with van der Waals surface area (Å²) < 4.78 is 52.1. The van der Waals surface area contributed by atoms with Crippen LogP contribution in [0.4, 0.5) is 18.9 Å². The van der Waals surface area contributed by atoms with Crippen LogP contribution in [0.3, 0.4) is 0 Å². The molecular weight excluding hydrogens is 421 g/mol. The van der Waals surface area contributed by atoms with Gasteiger partial charge in [-0.05, 0) is 56.1 Å². The lowest BCUT2D eigenvalue weighted by Gasteiger charge is -2.19. The second-order valence-electron chi connectivity index (χ2n) is 7.89. The lowest BCUT2D eigenvalue weighted by atomic mass is 10.1. The maximum absolute atomic E-state index is 13.9. The summed E-state index contributed by atoms with van der Waals surface area (Å²) in [5, 5.41) is 0. The number of methoxy groups -OCH3 is 1. The number of nitrogens with zero attached hydrogens (tertiary/aromatic N) is 2. The van der Waals surface area contributed by atoms with Gasteiger partial charge in [0.25, 0.3) is 5.91 Å². The Hall–Kier alpha value is -3.00. The number of hydrogen-bond donors (Lipinski definition) is 0. The molecule has 5 nitrogen and oxygen atoms in total. The molecule has 4 rings (SSSR count). The van der Waals surface area contributed by atoms with Gasteiger partial charge < -0.3 is 14.4 Å². The molecule has 0 unspecified atom stereocenters. The summed E-state index contributed by atoms with van der Waals surface area (Å²) in [7, 11) is 1.57. The summed E-state index contributed by atoms with van der Waals surface area (Å²) in [5.41, 5.74) is 1.29. The van der Waals surface area contributed by atoms with Crippen LogP contribution in [-0.2, 0) is 11.2 Å². The molecule has 1 fully saturated rings. The summed E-state index contributed by atoms with van der Waals surface area (Å²) in [5.74, 6) is -2.67. The average Bonchev–Trinajstić information content (AvgIpc) is 3.44. The smallest absolute Gasteiger partial charge is 0.251 e. The van der Waals surface area contributed by atoms with Gasteiger partial charge in [-0.25, -0.2) is 13.2 Å². The monoisotopic (exact) mass is 446 g/mol. The highest BCUT2D eigenvalue weighted by molar-refractivity contribution is 6.05. The van der Waals surface area contributed by atoms with Crippen molar-refractivity contribution in [2.45, 2.75) is 19.3 Å². The number of carbonyl (C=O) groups is 1. The van der Waals surface area contributed by atoms with Crippen LogP contribution in [0.15, 0.2) is 30.3 Å². The van der Waals surface area contributed by atoms with Crippen LogP contribution in [0.1, 0.15) is 24.0 Å². The third-order valence-electron chi connectivity index (χ3n) is 5.82. The first kappa shape index (κ1) is 22.2. The van der Waals surface area contributed by atoms with E-state index in [0.717, 1.165) is 43.4 Å². The number of anilines is 1. The summed E-state index contributed by atoms with van der Waals surface area (Å²) in [6.45, 7) is 3.91. The lowest BCUT2D eigenvalue weighted by molar-refractivity contribution is -0.114. The molecule has 0 radical (unpaired) electrons. The van der Waals surface area contributed by atoms with Gasteiger partial charge in [0, 0.05) is 36.9 Å². The Morgan fingerprint density at radius 1 is 1.06 bits per heavy atom. The molecule has 2 aliphatic heterocycles. The van der Waals surface area contributed by atoms with E-state index in [9.17, 15) is 18.0 Å². The number of hydrogen-bond acceptors (Lipinski definition) is 4. The van der Waals surface area contributed by atoms with Crippen molar-refractivity contribution in [1.29, 1.82) is 0 Å². The van der Waals surface area contributed by atoms with Gasteiger partial charge in [0.05, 0.1) is 12.8 Å². The lowest BCUT2D eigenvalue weighted by Crippen LogP contribution is -2.27. The standard InChI is InChI=1S/C24H25F3N2O3/c1-31-21-13-16-6-9-29(20(16)15-22(21)32-11-10-28-7-2-3-8-28)23(30)5-4-17-12-18(25)14-19(26)24(17)27/h4-5,12-15H,2-3,6-11H2,1H3/b5-4+. The van der Waals surface area contributed by atoms with E-state index in [-0.39, 0.29) is 5.56 Å². The van der Waals surface area contributed by atoms with Crippen LogP contribution in [0, 0.1) is 17.5 Å². The Balaban J connectivity index is 1.50. The van der Waals surface area contributed by atoms with E-state index in [1.165, 1.54) is 17.7 Å². The van der Waals surface area contributed by atoms with Crippen LogP contribution in [0.5, 0.6) is 11.5 Å². The molecule has 0 bridgehead atoms. The second-order valence-corrected chi connectivity index (χ2v) is 7.89. The van der Waals surface area contributed by atoms with Gasteiger partial charge in [0.2, 0.25) is 0 Å². The van der Waals surface area contributed by atoms with Crippen molar-refractivity contribution in [2.75, 3.05) is 44.8 Å². The number of likely N-dealkylation sites (tertiary alicyclic amines) is 1. The van der Waals surface area contributed by atoms with E-state index < -0.39 is 23.4 Å². The number of rotatable bonds is 7. The zero-order valence-electron chi connectivity index (χ0n) is 17.9. The molecule has 0 spiro atoms. The molecule has 1 saturated heterocycles. The Bertz CT molecular complexity index is 1040. The SMILES string of the molecule is COc1cc2c(cc1OCCN1CCCC1)N(C(=O)/C=C/c1cc(F)cc(F)c1F)CC2. The molecule has 8 heteroatoms. The first-order valence-electron chi connectivity index (χ1n) is 10.7. The Labute approximate surface area is 185 Å². The molecule has 2 aromatic carbocycles. The van der Waals surface area contributed by atoms with E-state index in [1.54, 1.807) is 13.2 Å². The van der Waals surface area contributed by atoms with Crippen LogP contribution >= 0.6 is 0 Å². The second kappa shape index (κ2) is 9.65. The summed E-state index contributed by atoms with van der Waals surface area (Å²) in [6.07, 6.45) is 5.24. The van der Waals surface area contributed by atoms with Gasteiger partial charge in [-0.3, -0.25) is 9.69 Å². The number of carbonyl (C=O) groups excluding carboxylic acids is 1. The zero-order chi connectivity index (χ0) is 22.7. The number of fused-ring (bicyclic) bond motifs is 1. The van der Waals surface area contributed by atoms with Crippen molar-refractivity contribution < 1.29 is 27.4 Å². The first-order valence-corrected chi connectivity index (χ1v) is 10.7. The molecule has 0 aromatic heterocycles. The van der Waals surface area contributed by atoms with Gasteiger partial charge in [-0.15, -0.1) is 0 Å². The molecule has 2 aliphatic rings.